The summed E-state index contributed by atoms with van der Waals surface area (Å²) < 4.78 is 1.15. The zero-order chi connectivity index (χ0) is 11.5. The predicted molar refractivity (Wildman–Crippen MR) is 71.1 cm³/mol. The lowest BCUT2D eigenvalue weighted by atomic mass is 10.3. The first kappa shape index (κ1) is 10.1. The molecule has 0 fully saturated rings. The van der Waals surface area contributed by atoms with Gasteiger partial charge in [-0.1, -0.05) is 29.5 Å². The summed E-state index contributed by atoms with van der Waals surface area (Å²) in [6.07, 6.45) is 3.48. The van der Waals surface area contributed by atoms with Crippen molar-refractivity contribution in [3.05, 3.63) is 54.4 Å². The predicted octanol–water partition coefficient (Wildman–Crippen LogP) is 3.44. The van der Waals surface area contributed by atoms with Crippen molar-refractivity contribution < 1.29 is 0 Å². The lowest BCUT2D eigenvalue weighted by Gasteiger charge is -1.87. The van der Waals surface area contributed by atoms with Crippen molar-refractivity contribution in [1.29, 1.82) is 0 Å². The topological polar surface area (TPSA) is 38.1 Å². The maximum Gasteiger partial charge on any atom is 0.210 e. The minimum Gasteiger partial charge on any atom is -0.255 e. The van der Waals surface area contributed by atoms with Gasteiger partial charge in [-0.3, -0.25) is 4.98 Å². The lowest BCUT2D eigenvalue weighted by molar-refractivity contribution is 1.30. The van der Waals surface area contributed by atoms with E-state index in [9.17, 15) is 0 Å². The fraction of sp³-hybridized carbons (Fsp3) is 0. The molecule has 0 bridgehead atoms. The normalized spacial score (nSPS) is 11.3. The average molecular weight is 239 g/mol. The van der Waals surface area contributed by atoms with Crippen LogP contribution in [0.3, 0.4) is 0 Å². The number of hydrogen-bond donors (Lipinski definition) is 0. The van der Waals surface area contributed by atoms with Gasteiger partial charge in [0.05, 0.1) is 22.1 Å². The number of rotatable bonds is 2. The second kappa shape index (κ2) is 4.43. The first-order chi connectivity index (χ1) is 8.42. The van der Waals surface area contributed by atoms with E-state index in [1.54, 1.807) is 23.7 Å². The van der Waals surface area contributed by atoms with Gasteiger partial charge in [0, 0.05) is 6.20 Å². The largest absolute Gasteiger partial charge is 0.255 e. The molecule has 0 saturated heterocycles. The van der Waals surface area contributed by atoms with Crippen molar-refractivity contribution in [2.45, 2.75) is 0 Å². The van der Waals surface area contributed by atoms with Crippen LogP contribution in [0.25, 0.3) is 10.2 Å². The molecule has 3 rings (SSSR count). The molecule has 0 unspecified atom stereocenters. The number of nitrogens with zero attached hydrogens (tertiary/aromatic N) is 3. The molecule has 0 amide bonds. The van der Waals surface area contributed by atoms with E-state index in [-0.39, 0.29) is 0 Å². The number of aromatic nitrogens is 2. The Morgan fingerprint density at radius 1 is 1.06 bits per heavy atom. The first-order valence-electron chi connectivity index (χ1n) is 5.22. The van der Waals surface area contributed by atoms with Gasteiger partial charge in [-0.25, -0.2) is 9.98 Å². The van der Waals surface area contributed by atoms with Gasteiger partial charge in [0.2, 0.25) is 5.13 Å². The van der Waals surface area contributed by atoms with E-state index in [4.69, 9.17) is 0 Å². The van der Waals surface area contributed by atoms with Gasteiger partial charge in [-0.05, 0) is 24.3 Å². The molecule has 3 nitrogen and oxygen atoms in total. The molecule has 2 aromatic heterocycles. The Morgan fingerprint density at radius 2 is 1.94 bits per heavy atom. The molecule has 0 aliphatic carbocycles. The van der Waals surface area contributed by atoms with Crippen molar-refractivity contribution in [2.75, 3.05) is 0 Å². The highest BCUT2D eigenvalue weighted by Crippen LogP contribution is 2.27. The molecular weight excluding hydrogens is 230 g/mol. The van der Waals surface area contributed by atoms with E-state index in [0.717, 1.165) is 21.0 Å². The van der Waals surface area contributed by atoms with Crippen molar-refractivity contribution in [2.24, 2.45) is 4.99 Å². The molecule has 0 atom stereocenters. The van der Waals surface area contributed by atoms with E-state index in [2.05, 4.69) is 15.0 Å². The molecule has 2 heterocycles. The van der Waals surface area contributed by atoms with E-state index >= 15 is 0 Å². The smallest absolute Gasteiger partial charge is 0.210 e. The minimum absolute atomic E-state index is 0.761. The maximum absolute atomic E-state index is 4.42. The Labute approximate surface area is 103 Å². The van der Waals surface area contributed by atoms with Crippen LogP contribution in [0.2, 0.25) is 0 Å². The third-order valence-electron chi connectivity index (χ3n) is 2.28. The third-order valence-corrected chi connectivity index (χ3v) is 3.22. The zero-order valence-corrected chi connectivity index (χ0v) is 9.76. The van der Waals surface area contributed by atoms with Gasteiger partial charge in [0.25, 0.3) is 0 Å². The number of benzene rings is 1. The van der Waals surface area contributed by atoms with Crippen molar-refractivity contribution in [3.8, 4) is 0 Å². The Balaban J connectivity index is 1.92. The molecule has 3 aromatic rings. The van der Waals surface area contributed by atoms with Crippen LogP contribution in [-0.4, -0.2) is 16.2 Å². The van der Waals surface area contributed by atoms with Gasteiger partial charge in [-0.15, -0.1) is 0 Å². The van der Waals surface area contributed by atoms with E-state index in [1.165, 1.54) is 0 Å². The standard InChI is InChI=1S/C13H9N3S/c1-2-7-12-11(6-1)16-13(17-12)15-9-10-5-3-4-8-14-10/h1-9H. The molecule has 0 N–H and O–H groups in total. The third kappa shape index (κ3) is 2.21. The summed E-state index contributed by atoms with van der Waals surface area (Å²) >= 11 is 1.58. The highest BCUT2D eigenvalue weighted by Gasteiger charge is 2.00. The fourth-order valence-corrected chi connectivity index (χ4v) is 2.30. The molecule has 4 heteroatoms. The van der Waals surface area contributed by atoms with Gasteiger partial charge in [0.15, 0.2) is 0 Å². The van der Waals surface area contributed by atoms with Crippen LogP contribution in [0.4, 0.5) is 5.13 Å². The summed E-state index contributed by atoms with van der Waals surface area (Å²) in [5, 5.41) is 0.761. The maximum atomic E-state index is 4.42. The van der Waals surface area contributed by atoms with Gasteiger partial charge >= 0.3 is 0 Å². The summed E-state index contributed by atoms with van der Waals surface area (Å²) in [5.74, 6) is 0. The summed E-state index contributed by atoms with van der Waals surface area (Å²) in [5.41, 5.74) is 1.83. The molecule has 0 aliphatic rings. The number of hydrogen-bond acceptors (Lipinski definition) is 4. The van der Waals surface area contributed by atoms with Crippen LogP contribution in [0.15, 0.2) is 53.7 Å². The molecule has 0 spiro atoms. The van der Waals surface area contributed by atoms with E-state index in [0.29, 0.717) is 0 Å². The Bertz CT molecular complexity index is 625. The highest BCUT2D eigenvalue weighted by atomic mass is 32.1. The number of pyridine rings is 1. The Morgan fingerprint density at radius 3 is 2.76 bits per heavy atom. The molecular formula is C13H9N3S. The molecule has 17 heavy (non-hydrogen) atoms. The number of aliphatic imine (C=N–C) groups is 1. The number of thiazole rings is 1. The molecule has 1 aromatic carbocycles. The second-order valence-corrected chi connectivity index (χ2v) is 4.49. The van der Waals surface area contributed by atoms with Gasteiger partial charge < -0.3 is 0 Å². The van der Waals surface area contributed by atoms with E-state index < -0.39 is 0 Å². The first-order valence-corrected chi connectivity index (χ1v) is 6.04. The van der Waals surface area contributed by atoms with E-state index in [1.807, 2.05) is 42.5 Å². The Kier molecular flexibility index (Phi) is 2.63. The van der Waals surface area contributed by atoms with Crippen molar-refractivity contribution in [1.82, 2.24) is 9.97 Å². The number of fused-ring (bicyclic) bond motifs is 1. The molecule has 0 aliphatic heterocycles. The number of para-hydroxylation sites is 1. The summed E-state index contributed by atoms with van der Waals surface area (Å²) in [4.78, 5) is 12.9. The van der Waals surface area contributed by atoms with Crippen LogP contribution in [0, 0.1) is 0 Å². The summed E-state index contributed by atoms with van der Waals surface area (Å²) in [6, 6.07) is 13.8. The summed E-state index contributed by atoms with van der Waals surface area (Å²) in [6.45, 7) is 0. The molecule has 0 radical (unpaired) electrons. The van der Waals surface area contributed by atoms with Gasteiger partial charge in [-0.2, -0.15) is 0 Å². The van der Waals surface area contributed by atoms with Crippen LogP contribution >= 0.6 is 11.3 Å². The monoisotopic (exact) mass is 239 g/mol. The van der Waals surface area contributed by atoms with Crippen LogP contribution < -0.4 is 0 Å². The van der Waals surface area contributed by atoms with Crippen LogP contribution in [-0.2, 0) is 0 Å². The van der Waals surface area contributed by atoms with Gasteiger partial charge in [0.1, 0.15) is 0 Å². The molecule has 0 saturated carbocycles. The molecule has 82 valence electrons. The average Bonchev–Trinajstić information content (AvgIpc) is 2.80. The second-order valence-electron chi connectivity index (χ2n) is 3.48. The highest BCUT2D eigenvalue weighted by molar-refractivity contribution is 7.22. The lowest BCUT2D eigenvalue weighted by Crippen LogP contribution is -1.83. The fourth-order valence-electron chi connectivity index (χ4n) is 1.49. The van der Waals surface area contributed by atoms with Crippen LogP contribution in [0.1, 0.15) is 5.69 Å². The SMILES string of the molecule is C(=Nc1nc2ccccc2s1)c1ccccn1. The Hall–Kier alpha value is -2.07. The van der Waals surface area contributed by atoms with Crippen molar-refractivity contribution >= 4 is 32.9 Å². The van der Waals surface area contributed by atoms with Crippen molar-refractivity contribution in [3.63, 3.8) is 0 Å². The minimum atomic E-state index is 0.761. The summed E-state index contributed by atoms with van der Waals surface area (Å²) in [7, 11) is 0. The quantitative estimate of drug-likeness (QED) is 0.642. The van der Waals surface area contributed by atoms with Crippen LogP contribution in [0.5, 0.6) is 0 Å². The zero-order valence-electron chi connectivity index (χ0n) is 8.95.